The van der Waals surface area contributed by atoms with Gasteiger partial charge in [0.05, 0.1) is 0 Å². The Hall–Kier alpha value is -0.670. The summed E-state index contributed by atoms with van der Waals surface area (Å²) in [4.78, 5) is 0. The van der Waals surface area contributed by atoms with Crippen LogP contribution in [0, 0.1) is 24.5 Å². The summed E-state index contributed by atoms with van der Waals surface area (Å²) in [7, 11) is 0. The Balaban J connectivity index is 0.00000144. The molecule has 0 aromatic heterocycles. The highest BCUT2D eigenvalue weighted by molar-refractivity contribution is 5.85. The normalized spacial score (nSPS) is 17.9. The molecule has 0 bridgehead atoms. The van der Waals surface area contributed by atoms with Crippen molar-refractivity contribution in [1.29, 1.82) is 0 Å². The second-order valence-electron chi connectivity index (χ2n) is 4.66. The van der Waals surface area contributed by atoms with Crippen LogP contribution in [0.4, 0.5) is 8.78 Å². The maximum atomic E-state index is 13.8. The molecule has 0 spiro atoms. The summed E-state index contributed by atoms with van der Waals surface area (Å²) in [6.07, 6.45) is 4.20. The van der Waals surface area contributed by atoms with Gasteiger partial charge in [-0.2, -0.15) is 0 Å². The molecule has 1 aromatic rings. The van der Waals surface area contributed by atoms with Gasteiger partial charge < -0.3 is 5.73 Å². The molecule has 1 aromatic carbocycles. The van der Waals surface area contributed by atoms with Gasteiger partial charge in [-0.1, -0.05) is 18.9 Å². The molecule has 17 heavy (non-hydrogen) atoms. The number of hydrogen-bond donors (Lipinski definition) is 1. The fraction of sp³-hybridized carbons (Fsp3) is 0.538. The fourth-order valence-electron chi connectivity index (χ4n) is 2.54. The summed E-state index contributed by atoms with van der Waals surface area (Å²) in [5.41, 5.74) is 6.53. The molecule has 2 rings (SSSR count). The Morgan fingerprint density at radius 2 is 1.82 bits per heavy atom. The Morgan fingerprint density at radius 1 is 1.24 bits per heavy atom. The largest absolute Gasteiger partial charge is 0.324 e. The molecule has 1 saturated carbocycles. The van der Waals surface area contributed by atoms with E-state index in [9.17, 15) is 8.78 Å². The summed E-state index contributed by atoms with van der Waals surface area (Å²) in [5, 5.41) is 0. The molecule has 1 aliphatic carbocycles. The smallest absolute Gasteiger partial charge is 0.133 e. The SMILES string of the molecule is Cc1ccc(F)c([C@H](N)C2CCCC2)c1F.Cl. The molecule has 1 atom stereocenters. The van der Waals surface area contributed by atoms with Gasteiger partial charge in [0.15, 0.2) is 0 Å². The van der Waals surface area contributed by atoms with E-state index in [2.05, 4.69) is 0 Å². The highest BCUT2D eigenvalue weighted by Crippen LogP contribution is 2.36. The van der Waals surface area contributed by atoms with Crippen molar-refractivity contribution in [2.75, 3.05) is 0 Å². The molecule has 1 fully saturated rings. The van der Waals surface area contributed by atoms with Crippen LogP contribution in [0.1, 0.15) is 42.9 Å². The predicted octanol–water partition coefficient (Wildman–Crippen LogP) is 3.89. The third kappa shape index (κ3) is 2.78. The van der Waals surface area contributed by atoms with Gasteiger partial charge in [0.2, 0.25) is 0 Å². The summed E-state index contributed by atoms with van der Waals surface area (Å²) in [5.74, 6) is -0.757. The van der Waals surface area contributed by atoms with E-state index in [1.165, 1.54) is 12.1 Å². The molecule has 1 aliphatic rings. The van der Waals surface area contributed by atoms with Gasteiger partial charge >= 0.3 is 0 Å². The van der Waals surface area contributed by atoms with E-state index in [1.54, 1.807) is 6.92 Å². The molecule has 4 heteroatoms. The minimum absolute atomic E-state index is 0. The van der Waals surface area contributed by atoms with E-state index in [0.29, 0.717) is 5.56 Å². The minimum Gasteiger partial charge on any atom is -0.324 e. The van der Waals surface area contributed by atoms with Gasteiger partial charge in [0, 0.05) is 11.6 Å². The van der Waals surface area contributed by atoms with E-state index >= 15 is 0 Å². The Labute approximate surface area is 107 Å². The molecule has 0 radical (unpaired) electrons. The number of aryl methyl sites for hydroxylation is 1. The van der Waals surface area contributed by atoms with Crippen molar-refractivity contribution in [3.05, 3.63) is 34.9 Å². The van der Waals surface area contributed by atoms with Crippen molar-refractivity contribution in [2.24, 2.45) is 11.7 Å². The third-order valence-corrected chi connectivity index (χ3v) is 3.56. The monoisotopic (exact) mass is 261 g/mol. The van der Waals surface area contributed by atoms with Gasteiger partial charge in [0.25, 0.3) is 0 Å². The lowest BCUT2D eigenvalue weighted by Gasteiger charge is -2.21. The molecule has 0 heterocycles. The number of nitrogens with two attached hydrogens (primary N) is 1. The van der Waals surface area contributed by atoms with Crippen LogP contribution in [0.15, 0.2) is 12.1 Å². The van der Waals surface area contributed by atoms with Crippen molar-refractivity contribution in [1.82, 2.24) is 0 Å². The average molecular weight is 262 g/mol. The number of halogens is 3. The van der Waals surface area contributed by atoms with Crippen LogP contribution >= 0.6 is 12.4 Å². The van der Waals surface area contributed by atoms with Crippen LogP contribution in [0.2, 0.25) is 0 Å². The first-order chi connectivity index (χ1) is 7.61. The molecular weight excluding hydrogens is 244 g/mol. The maximum absolute atomic E-state index is 13.8. The first-order valence-electron chi connectivity index (χ1n) is 5.81. The molecule has 96 valence electrons. The third-order valence-electron chi connectivity index (χ3n) is 3.56. The summed E-state index contributed by atoms with van der Waals surface area (Å²) in [6, 6.07) is 2.26. The Morgan fingerprint density at radius 3 is 2.41 bits per heavy atom. The zero-order chi connectivity index (χ0) is 11.7. The average Bonchev–Trinajstić information content (AvgIpc) is 2.77. The van der Waals surface area contributed by atoms with Crippen molar-refractivity contribution in [3.63, 3.8) is 0 Å². The van der Waals surface area contributed by atoms with Crippen molar-refractivity contribution in [2.45, 2.75) is 38.6 Å². The van der Waals surface area contributed by atoms with Gasteiger partial charge in [-0.15, -0.1) is 12.4 Å². The van der Waals surface area contributed by atoms with Crippen LogP contribution in [-0.4, -0.2) is 0 Å². The minimum atomic E-state index is -0.512. The Bertz CT molecular complexity index is 389. The zero-order valence-corrected chi connectivity index (χ0v) is 10.7. The first kappa shape index (κ1) is 14.4. The molecule has 0 amide bonds. The fourth-order valence-corrected chi connectivity index (χ4v) is 2.54. The summed E-state index contributed by atoms with van der Waals surface area (Å²) < 4.78 is 27.5. The highest BCUT2D eigenvalue weighted by atomic mass is 35.5. The lowest BCUT2D eigenvalue weighted by atomic mass is 9.91. The van der Waals surface area contributed by atoms with E-state index in [1.807, 2.05) is 0 Å². The van der Waals surface area contributed by atoms with Crippen LogP contribution in [0.25, 0.3) is 0 Å². The van der Waals surface area contributed by atoms with E-state index in [0.717, 1.165) is 25.7 Å². The number of benzene rings is 1. The summed E-state index contributed by atoms with van der Waals surface area (Å²) >= 11 is 0. The van der Waals surface area contributed by atoms with Crippen LogP contribution in [-0.2, 0) is 0 Å². The molecular formula is C13H18ClF2N. The van der Waals surface area contributed by atoms with E-state index in [4.69, 9.17) is 5.73 Å². The van der Waals surface area contributed by atoms with Crippen LogP contribution in [0.3, 0.4) is 0 Å². The zero-order valence-electron chi connectivity index (χ0n) is 9.88. The van der Waals surface area contributed by atoms with Gasteiger partial charge in [-0.3, -0.25) is 0 Å². The van der Waals surface area contributed by atoms with Crippen LogP contribution in [0.5, 0.6) is 0 Å². The first-order valence-corrected chi connectivity index (χ1v) is 5.81. The quantitative estimate of drug-likeness (QED) is 0.859. The standard InChI is InChI=1S/C13H17F2N.ClH/c1-8-6-7-10(14)11(12(8)15)13(16)9-4-2-3-5-9;/h6-7,9,13H,2-5,16H2,1H3;1H/t13-;/m1./s1. The predicted molar refractivity (Wildman–Crippen MR) is 67.2 cm³/mol. The second-order valence-corrected chi connectivity index (χ2v) is 4.66. The molecule has 0 saturated heterocycles. The number of hydrogen-bond acceptors (Lipinski definition) is 1. The van der Waals surface area contributed by atoms with Crippen molar-refractivity contribution in [3.8, 4) is 0 Å². The molecule has 0 unspecified atom stereocenters. The van der Waals surface area contributed by atoms with E-state index < -0.39 is 17.7 Å². The van der Waals surface area contributed by atoms with Gasteiger partial charge in [-0.05, 0) is 37.3 Å². The maximum Gasteiger partial charge on any atom is 0.133 e. The lowest BCUT2D eigenvalue weighted by Crippen LogP contribution is -2.22. The van der Waals surface area contributed by atoms with Gasteiger partial charge in [0.1, 0.15) is 11.6 Å². The molecule has 1 nitrogen and oxygen atoms in total. The van der Waals surface area contributed by atoms with Crippen molar-refractivity contribution < 1.29 is 8.78 Å². The topological polar surface area (TPSA) is 26.0 Å². The van der Waals surface area contributed by atoms with Gasteiger partial charge in [-0.25, -0.2) is 8.78 Å². The molecule has 2 N–H and O–H groups in total. The van der Waals surface area contributed by atoms with Crippen LogP contribution < -0.4 is 5.73 Å². The summed E-state index contributed by atoms with van der Waals surface area (Å²) in [6.45, 7) is 1.64. The highest BCUT2D eigenvalue weighted by Gasteiger charge is 2.28. The second kappa shape index (κ2) is 5.78. The van der Waals surface area contributed by atoms with Crippen molar-refractivity contribution >= 4 is 12.4 Å². The lowest BCUT2D eigenvalue weighted by molar-refractivity contribution is 0.409. The molecule has 0 aliphatic heterocycles. The number of rotatable bonds is 2. The Kier molecular flexibility index (Phi) is 4.90. The van der Waals surface area contributed by atoms with E-state index in [-0.39, 0.29) is 23.9 Å².